The smallest absolute Gasteiger partial charge is 0.257 e. The highest BCUT2D eigenvalue weighted by atomic mass is 16.2. The maximum atomic E-state index is 13.4. The van der Waals surface area contributed by atoms with Gasteiger partial charge in [0.15, 0.2) is 0 Å². The van der Waals surface area contributed by atoms with Gasteiger partial charge in [-0.25, -0.2) is 0 Å². The summed E-state index contributed by atoms with van der Waals surface area (Å²) in [5.74, 6) is -0.532. The van der Waals surface area contributed by atoms with Gasteiger partial charge in [0.05, 0.1) is 16.8 Å². The summed E-state index contributed by atoms with van der Waals surface area (Å²) in [6, 6.07) is 17.3. The van der Waals surface area contributed by atoms with E-state index in [-0.39, 0.29) is 23.6 Å². The third-order valence-corrected chi connectivity index (χ3v) is 7.06. The number of amides is 3. The lowest BCUT2D eigenvalue weighted by atomic mass is 9.95. The van der Waals surface area contributed by atoms with Crippen molar-refractivity contribution in [3.05, 3.63) is 82.7 Å². The first-order valence-corrected chi connectivity index (χ1v) is 12.5. The molecule has 7 heteroatoms. The number of piperidine rings is 1. The van der Waals surface area contributed by atoms with Gasteiger partial charge < -0.3 is 20.5 Å². The van der Waals surface area contributed by atoms with Crippen molar-refractivity contribution in [1.29, 1.82) is 0 Å². The fourth-order valence-electron chi connectivity index (χ4n) is 4.92. The summed E-state index contributed by atoms with van der Waals surface area (Å²) in [5, 5.41) is 2.96. The summed E-state index contributed by atoms with van der Waals surface area (Å²) in [6.07, 6.45) is 1.11. The van der Waals surface area contributed by atoms with Crippen LogP contribution in [0.25, 0.3) is 5.69 Å². The van der Waals surface area contributed by atoms with E-state index in [0.717, 1.165) is 17.1 Å². The molecular weight excluding hydrogens is 452 g/mol. The van der Waals surface area contributed by atoms with E-state index in [9.17, 15) is 14.4 Å². The number of likely N-dealkylation sites (tertiary alicyclic amines) is 1. The molecule has 0 spiro atoms. The van der Waals surface area contributed by atoms with Crippen molar-refractivity contribution >= 4 is 23.4 Å². The lowest BCUT2D eigenvalue weighted by molar-refractivity contribution is -0.123. The van der Waals surface area contributed by atoms with Crippen LogP contribution in [0.4, 0.5) is 5.69 Å². The molecule has 3 N–H and O–H groups in total. The molecule has 0 saturated carbocycles. The number of aryl methyl sites for hydroxylation is 1. The molecule has 1 aromatic heterocycles. The average Bonchev–Trinajstić information content (AvgIpc) is 3.17. The second-order valence-electron chi connectivity index (χ2n) is 9.84. The van der Waals surface area contributed by atoms with Crippen molar-refractivity contribution in [2.24, 2.45) is 11.7 Å². The normalized spacial score (nSPS) is 14.2. The van der Waals surface area contributed by atoms with Crippen molar-refractivity contribution in [3.8, 4) is 5.69 Å². The van der Waals surface area contributed by atoms with Gasteiger partial charge in [-0.1, -0.05) is 38.1 Å². The fraction of sp³-hybridized carbons (Fsp3) is 0.345. The molecule has 0 radical (unpaired) electrons. The van der Waals surface area contributed by atoms with Crippen molar-refractivity contribution in [3.63, 3.8) is 0 Å². The highest BCUT2D eigenvalue weighted by Crippen LogP contribution is 2.26. The number of rotatable bonds is 6. The molecule has 1 fully saturated rings. The van der Waals surface area contributed by atoms with Crippen LogP contribution in [-0.2, 0) is 4.79 Å². The Morgan fingerprint density at radius 3 is 2.31 bits per heavy atom. The summed E-state index contributed by atoms with van der Waals surface area (Å²) in [5.41, 5.74) is 10.9. The molecule has 0 unspecified atom stereocenters. The number of nitrogens with one attached hydrogen (secondary N) is 1. The number of hydrogen-bond donors (Lipinski definition) is 2. The zero-order chi connectivity index (χ0) is 26.0. The van der Waals surface area contributed by atoms with Crippen LogP contribution in [0.3, 0.4) is 0 Å². The fourth-order valence-corrected chi connectivity index (χ4v) is 4.92. The van der Waals surface area contributed by atoms with Crippen molar-refractivity contribution in [2.75, 3.05) is 18.4 Å². The minimum Gasteiger partial charge on any atom is -0.369 e. The Kier molecular flexibility index (Phi) is 7.29. The van der Waals surface area contributed by atoms with Crippen molar-refractivity contribution in [1.82, 2.24) is 9.47 Å². The number of aromatic nitrogens is 1. The SMILES string of the molecule is Cc1cc(C(=O)Nc2ccccc2C(=O)N2CCC(C(N)=O)CC2)c(C)n1-c1cccc(C(C)C)c1. The molecule has 3 amide bonds. The quantitative estimate of drug-likeness (QED) is 0.523. The van der Waals surface area contributed by atoms with Gasteiger partial charge in [-0.15, -0.1) is 0 Å². The van der Waals surface area contributed by atoms with Crippen LogP contribution in [0.2, 0.25) is 0 Å². The molecule has 0 aliphatic carbocycles. The first-order valence-electron chi connectivity index (χ1n) is 12.5. The standard InChI is InChI=1S/C29H34N4O3/c1-18(2)22-8-7-9-23(17-22)33-19(3)16-25(20(33)4)28(35)31-26-11-6-5-10-24(26)29(36)32-14-12-21(13-15-32)27(30)34/h5-11,16-18,21H,12-15H2,1-4H3,(H2,30,34)(H,31,35). The van der Waals surface area contributed by atoms with Crippen LogP contribution in [0, 0.1) is 19.8 Å². The molecule has 3 aromatic rings. The molecule has 188 valence electrons. The van der Waals surface area contributed by atoms with E-state index in [1.54, 1.807) is 29.2 Å². The average molecular weight is 487 g/mol. The number of benzene rings is 2. The molecule has 2 heterocycles. The molecule has 7 nitrogen and oxygen atoms in total. The van der Waals surface area contributed by atoms with E-state index in [0.29, 0.717) is 48.7 Å². The first-order chi connectivity index (χ1) is 17.2. The van der Waals surface area contributed by atoms with Crippen LogP contribution >= 0.6 is 0 Å². The lowest BCUT2D eigenvalue weighted by Crippen LogP contribution is -2.42. The van der Waals surface area contributed by atoms with Crippen LogP contribution in [0.5, 0.6) is 0 Å². The molecule has 1 aliphatic heterocycles. The predicted octanol–water partition coefficient (Wildman–Crippen LogP) is 4.81. The van der Waals surface area contributed by atoms with Crippen molar-refractivity contribution in [2.45, 2.75) is 46.5 Å². The van der Waals surface area contributed by atoms with E-state index in [1.165, 1.54) is 5.56 Å². The van der Waals surface area contributed by atoms with Gasteiger partial charge in [0.1, 0.15) is 0 Å². The third kappa shape index (κ3) is 5.05. The lowest BCUT2D eigenvalue weighted by Gasteiger charge is -2.31. The Labute approximate surface area is 212 Å². The molecule has 4 rings (SSSR count). The number of carbonyl (C=O) groups is 3. The summed E-state index contributed by atoms with van der Waals surface area (Å²) < 4.78 is 2.08. The van der Waals surface area contributed by atoms with Gasteiger partial charge >= 0.3 is 0 Å². The maximum Gasteiger partial charge on any atom is 0.257 e. The molecule has 1 aliphatic rings. The Balaban J connectivity index is 1.56. The molecule has 2 aromatic carbocycles. The first kappa shape index (κ1) is 25.2. The number of para-hydroxylation sites is 1. The van der Waals surface area contributed by atoms with Crippen LogP contribution < -0.4 is 11.1 Å². The third-order valence-electron chi connectivity index (χ3n) is 7.06. The highest BCUT2D eigenvalue weighted by molar-refractivity contribution is 6.09. The number of nitrogens with two attached hydrogens (primary N) is 1. The van der Waals surface area contributed by atoms with Gasteiger partial charge in [0, 0.05) is 36.1 Å². The molecule has 36 heavy (non-hydrogen) atoms. The number of carbonyl (C=O) groups excluding carboxylic acids is 3. The zero-order valence-electron chi connectivity index (χ0n) is 21.4. The second kappa shape index (κ2) is 10.4. The summed E-state index contributed by atoms with van der Waals surface area (Å²) >= 11 is 0. The minimum absolute atomic E-state index is 0.162. The number of nitrogens with zero attached hydrogens (tertiary/aromatic N) is 2. The number of anilines is 1. The Morgan fingerprint density at radius 1 is 0.944 bits per heavy atom. The van der Waals surface area contributed by atoms with E-state index in [4.69, 9.17) is 5.73 Å². The minimum atomic E-state index is -0.316. The predicted molar refractivity (Wildman–Crippen MR) is 142 cm³/mol. The number of primary amides is 1. The van der Waals surface area contributed by atoms with Gasteiger partial charge in [-0.2, -0.15) is 0 Å². The topological polar surface area (TPSA) is 97.4 Å². The Bertz CT molecular complexity index is 1300. The second-order valence-corrected chi connectivity index (χ2v) is 9.84. The van der Waals surface area contributed by atoms with E-state index in [1.807, 2.05) is 32.0 Å². The van der Waals surface area contributed by atoms with Crippen LogP contribution in [0.1, 0.15) is 70.3 Å². The van der Waals surface area contributed by atoms with E-state index < -0.39 is 0 Å². The van der Waals surface area contributed by atoms with Crippen LogP contribution in [0.15, 0.2) is 54.6 Å². The zero-order valence-corrected chi connectivity index (χ0v) is 21.4. The van der Waals surface area contributed by atoms with Gasteiger partial charge in [0.2, 0.25) is 5.91 Å². The van der Waals surface area contributed by atoms with E-state index >= 15 is 0 Å². The molecular formula is C29H34N4O3. The summed E-state index contributed by atoms with van der Waals surface area (Å²) in [6.45, 7) is 9.16. The summed E-state index contributed by atoms with van der Waals surface area (Å²) in [4.78, 5) is 39.8. The number of hydrogen-bond acceptors (Lipinski definition) is 3. The molecule has 0 bridgehead atoms. The van der Waals surface area contributed by atoms with Gasteiger partial charge in [-0.3, -0.25) is 14.4 Å². The van der Waals surface area contributed by atoms with E-state index in [2.05, 4.69) is 35.9 Å². The Morgan fingerprint density at radius 2 is 1.64 bits per heavy atom. The van der Waals surface area contributed by atoms with Crippen molar-refractivity contribution < 1.29 is 14.4 Å². The highest BCUT2D eigenvalue weighted by Gasteiger charge is 2.28. The molecule has 0 atom stereocenters. The van der Waals surface area contributed by atoms with Crippen LogP contribution in [-0.4, -0.2) is 40.3 Å². The summed E-state index contributed by atoms with van der Waals surface area (Å²) in [7, 11) is 0. The van der Waals surface area contributed by atoms with Gasteiger partial charge in [-0.05, 0) is 68.5 Å². The van der Waals surface area contributed by atoms with Gasteiger partial charge in [0.25, 0.3) is 11.8 Å². The maximum absolute atomic E-state index is 13.4. The largest absolute Gasteiger partial charge is 0.369 e. The monoisotopic (exact) mass is 486 g/mol. The Hall–Kier alpha value is -3.87. The molecule has 1 saturated heterocycles.